The second kappa shape index (κ2) is 5.43. The van der Waals surface area contributed by atoms with Crippen LogP contribution in [0.4, 0.5) is 0 Å². The third-order valence-electron chi connectivity index (χ3n) is 3.56. The van der Waals surface area contributed by atoms with Gasteiger partial charge in [-0.05, 0) is 11.5 Å². The molecular weight excluding hydrogens is 240 g/mol. The van der Waals surface area contributed by atoms with Crippen LogP contribution in [0.25, 0.3) is 0 Å². The van der Waals surface area contributed by atoms with Gasteiger partial charge in [-0.2, -0.15) is 0 Å². The van der Waals surface area contributed by atoms with Crippen LogP contribution in [0.5, 0.6) is 0 Å². The zero-order chi connectivity index (χ0) is 14.0. The fourth-order valence-electron chi connectivity index (χ4n) is 2.62. The standard InChI is InChI=1S/C15H20N2O2/c1-10(2)13-14(18)16-12(15(19)17(13)3)9-11-7-5-4-6-8-11/h4-8,10,12-13H,9H2,1-3H3,(H,16,18)/t12-,13-/m0/s1. The highest BCUT2D eigenvalue weighted by atomic mass is 16.2. The number of amides is 2. The molecule has 4 heteroatoms. The Balaban J connectivity index is 2.13. The molecule has 2 amide bonds. The van der Waals surface area contributed by atoms with E-state index >= 15 is 0 Å². The molecule has 2 rings (SSSR count). The van der Waals surface area contributed by atoms with Gasteiger partial charge in [0.2, 0.25) is 11.8 Å². The molecule has 1 aliphatic heterocycles. The van der Waals surface area contributed by atoms with Crippen molar-refractivity contribution in [1.29, 1.82) is 0 Å². The largest absolute Gasteiger partial charge is 0.342 e. The van der Waals surface area contributed by atoms with Crippen LogP contribution in [-0.2, 0) is 16.0 Å². The highest BCUT2D eigenvalue weighted by molar-refractivity contribution is 5.97. The highest BCUT2D eigenvalue weighted by Gasteiger charge is 2.39. The van der Waals surface area contributed by atoms with Gasteiger partial charge < -0.3 is 10.2 Å². The number of benzene rings is 1. The first-order valence-electron chi connectivity index (χ1n) is 6.61. The summed E-state index contributed by atoms with van der Waals surface area (Å²) >= 11 is 0. The van der Waals surface area contributed by atoms with Gasteiger partial charge in [0.25, 0.3) is 0 Å². The number of carbonyl (C=O) groups is 2. The minimum atomic E-state index is -0.449. The van der Waals surface area contributed by atoms with Gasteiger partial charge in [-0.25, -0.2) is 0 Å². The number of hydrogen-bond donors (Lipinski definition) is 1. The van der Waals surface area contributed by atoms with Gasteiger partial charge in [0.15, 0.2) is 0 Å². The average Bonchev–Trinajstić information content (AvgIpc) is 2.36. The first-order valence-corrected chi connectivity index (χ1v) is 6.61. The molecule has 4 nitrogen and oxygen atoms in total. The molecule has 1 aliphatic rings. The lowest BCUT2D eigenvalue weighted by Crippen LogP contribution is -2.64. The number of piperazine rings is 1. The van der Waals surface area contributed by atoms with Crippen LogP contribution in [-0.4, -0.2) is 35.8 Å². The summed E-state index contributed by atoms with van der Waals surface area (Å²) in [5.41, 5.74) is 1.05. The Kier molecular flexibility index (Phi) is 3.88. The summed E-state index contributed by atoms with van der Waals surface area (Å²) in [7, 11) is 1.71. The van der Waals surface area contributed by atoms with Gasteiger partial charge in [0.05, 0.1) is 0 Å². The number of rotatable bonds is 3. The fourth-order valence-corrected chi connectivity index (χ4v) is 2.62. The Morgan fingerprint density at radius 2 is 1.84 bits per heavy atom. The van der Waals surface area contributed by atoms with E-state index in [1.165, 1.54) is 0 Å². The summed E-state index contributed by atoms with van der Waals surface area (Å²) in [4.78, 5) is 26.0. The van der Waals surface area contributed by atoms with E-state index in [1.807, 2.05) is 44.2 Å². The van der Waals surface area contributed by atoms with Gasteiger partial charge in [0.1, 0.15) is 12.1 Å². The third kappa shape index (κ3) is 2.78. The Labute approximate surface area is 113 Å². The summed E-state index contributed by atoms with van der Waals surface area (Å²) in [6.07, 6.45) is 0.542. The molecule has 1 aromatic carbocycles. The quantitative estimate of drug-likeness (QED) is 0.888. The molecule has 0 aromatic heterocycles. The number of nitrogens with one attached hydrogen (secondary N) is 1. The molecule has 0 spiro atoms. The van der Waals surface area contributed by atoms with Crippen molar-refractivity contribution in [3.63, 3.8) is 0 Å². The Bertz CT molecular complexity index is 470. The maximum absolute atomic E-state index is 12.3. The van der Waals surface area contributed by atoms with Gasteiger partial charge in [-0.15, -0.1) is 0 Å². The van der Waals surface area contributed by atoms with E-state index in [0.717, 1.165) is 5.56 Å². The van der Waals surface area contributed by atoms with Crippen molar-refractivity contribution in [2.45, 2.75) is 32.4 Å². The number of carbonyl (C=O) groups excluding carboxylic acids is 2. The lowest BCUT2D eigenvalue weighted by atomic mass is 9.95. The zero-order valence-electron chi connectivity index (χ0n) is 11.6. The Morgan fingerprint density at radius 3 is 2.42 bits per heavy atom. The van der Waals surface area contributed by atoms with E-state index in [-0.39, 0.29) is 23.8 Å². The predicted molar refractivity (Wildman–Crippen MR) is 73.5 cm³/mol. The van der Waals surface area contributed by atoms with E-state index in [9.17, 15) is 9.59 Å². The number of likely N-dealkylation sites (N-methyl/N-ethyl adjacent to an activating group) is 1. The molecule has 1 aromatic rings. The second-order valence-electron chi connectivity index (χ2n) is 5.39. The molecule has 1 saturated heterocycles. The van der Waals surface area contributed by atoms with Crippen molar-refractivity contribution in [1.82, 2.24) is 10.2 Å². The van der Waals surface area contributed by atoms with Crippen molar-refractivity contribution >= 4 is 11.8 Å². The Hall–Kier alpha value is -1.84. The van der Waals surface area contributed by atoms with Crippen molar-refractivity contribution < 1.29 is 9.59 Å². The SMILES string of the molecule is CC(C)[C@H]1C(=O)N[C@@H](Cc2ccccc2)C(=O)N1C. The van der Waals surface area contributed by atoms with E-state index in [2.05, 4.69) is 5.32 Å². The summed E-state index contributed by atoms with van der Waals surface area (Å²) < 4.78 is 0. The molecule has 1 N–H and O–H groups in total. The minimum Gasteiger partial charge on any atom is -0.342 e. The number of nitrogens with zero attached hydrogens (tertiary/aromatic N) is 1. The van der Waals surface area contributed by atoms with E-state index < -0.39 is 6.04 Å². The maximum atomic E-state index is 12.3. The monoisotopic (exact) mass is 260 g/mol. The topological polar surface area (TPSA) is 49.4 Å². The molecular formula is C15H20N2O2. The van der Waals surface area contributed by atoms with Gasteiger partial charge in [0, 0.05) is 13.5 Å². The molecule has 2 atom stereocenters. The van der Waals surface area contributed by atoms with Crippen molar-refractivity contribution in [2.75, 3.05) is 7.05 Å². The first kappa shape index (κ1) is 13.6. The van der Waals surface area contributed by atoms with Crippen LogP contribution in [0.1, 0.15) is 19.4 Å². The molecule has 19 heavy (non-hydrogen) atoms. The molecule has 0 bridgehead atoms. The van der Waals surface area contributed by atoms with E-state index in [0.29, 0.717) is 6.42 Å². The molecule has 0 unspecified atom stereocenters. The molecule has 1 fully saturated rings. The summed E-state index contributed by atoms with van der Waals surface area (Å²) in [5.74, 6) is 0.0480. The summed E-state index contributed by atoms with van der Waals surface area (Å²) in [5, 5.41) is 2.85. The predicted octanol–water partition coefficient (Wildman–Crippen LogP) is 1.21. The van der Waals surface area contributed by atoms with E-state index in [4.69, 9.17) is 0 Å². The third-order valence-corrected chi connectivity index (χ3v) is 3.56. The van der Waals surface area contributed by atoms with Crippen LogP contribution in [0, 0.1) is 5.92 Å². The smallest absolute Gasteiger partial charge is 0.245 e. The lowest BCUT2D eigenvalue weighted by Gasteiger charge is -2.38. The van der Waals surface area contributed by atoms with Crippen LogP contribution >= 0.6 is 0 Å². The van der Waals surface area contributed by atoms with E-state index in [1.54, 1.807) is 11.9 Å². The average molecular weight is 260 g/mol. The lowest BCUT2D eigenvalue weighted by molar-refractivity contribution is -0.149. The zero-order valence-corrected chi connectivity index (χ0v) is 11.6. The van der Waals surface area contributed by atoms with Crippen LogP contribution in [0.15, 0.2) is 30.3 Å². The minimum absolute atomic E-state index is 0.0119. The highest BCUT2D eigenvalue weighted by Crippen LogP contribution is 2.17. The van der Waals surface area contributed by atoms with Crippen LogP contribution < -0.4 is 5.32 Å². The summed E-state index contributed by atoms with van der Waals surface area (Å²) in [6.45, 7) is 3.90. The Morgan fingerprint density at radius 1 is 1.21 bits per heavy atom. The molecule has 1 heterocycles. The first-order chi connectivity index (χ1) is 9.00. The van der Waals surface area contributed by atoms with Crippen LogP contribution in [0.3, 0.4) is 0 Å². The van der Waals surface area contributed by atoms with Gasteiger partial charge in [-0.1, -0.05) is 44.2 Å². The molecule has 0 aliphatic carbocycles. The van der Waals surface area contributed by atoms with Gasteiger partial charge in [-0.3, -0.25) is 9.59 Å². The van der Waals surface area contributed by atoms with Crippen molar-refractivity contribution in [3.05, 3.63) is 35.9 Å². The normalized spacial score (nSPS) is 23.7. The van der Waals surface area contributed by atoms with Gasteiger partial charge >= 0.3 is 0 Å². The molecule has 0 radical (unpaired) electrons. The van der Waals surface area contributed by atoms with Crippen LogP contribution in [0.2, 0.25) is 0 Å². The second-order valence-corrected chi connectivity index (χ2v) is 5.39. The van der Waals surface area contributed by atoms with Crippen molar-refractivity contribution in [3.8, 4) is 0 Å². The number of hydrogen-bond acceptors (Lipinski definition) is 2. The van der Waals surface area contributed by atoms with Crippen molar-refractivity contribution in [2.24, 2.45) is 5.92 Å². The molecule has 0 saturated carbocycles. The maximum Gasteiger partial charge on any atom is 0.245 e. The summed E-state index contributed by atoms with van der Waals surface area (Å²) in [6, 6.07) is 8.93. The fraction of sp³-hybridized carbons (Fsp3) is 0.467. The molecule has 102 valence electrons.